The number of aliphatic hydroxyl groups is 6. The van der Waals surface area contributed by atoms with Gasteiger partial charge in [-0.1, -0.05) is 0 Å². The number of aromatic amines is 4. The van der Waals surface area contributed by atoms with Gasteiger partial charge in [-0.25, -0.2) is 14.4 Å². The summed E-state index contributed by atoms with van der Waals surface area (Å²) >= 11 is 2.94. The van der Waals surface area contributed by atoms with Crippen LogP contribution in [0, 0.1) is 11.6 Å². The SMILES string of the molecule is O=c1[nH]c(=O)n([C@@H]2O[C@H](CO)[C@@H](O)[C@H]2O)cc1Br.O=c1[nH]c(=O)n([C@@H]2O[C@H](CO)[C@@H](O)[C@H]2O)cc1F.O=c1[nH]cc(F)c(=O)[nH]1. The first-order valence-corrected chi connectivity index (χ1v) is 13.1. The minimum Gasteiger partial charge on any atom is -0.394 e. The molecule has 0 saturated carbocycles. The first-order valence-electron chi connectivity index (χ1n) is 12.4. The Labute approximate surface area is 253 Å². The van der Waals surface area contributed by atoms with E-state index in [4.69, 9.17) is 19.7 Å². The minimum atomic E-state index is -1.52. The first-order chi connectivity index (χ1) is 21.1. The Morgan fingerprint density at radius 2 is 1.13 bits per heavy atom. The maximum Gasteiger partial charge on any atom is 0.330 e. The van der Waals surface area contributed by atoms with Gasteiger partial charge in [0.1, 0.15) is 36.6 Å². The van der Waals surface area contributed by atoms with E-state index in [9.17, 15) is 58.0 Å². The Bertz CT molecular complexity index is 1740. The highest BCUT2D eigenvalue weighted by molar-refractivity contribution is 9.10. The maximum atomic E-state index is 13.1. The van der Waals surface area contributed by atoms with Crippen molar-refractivity contribution in [2.75, 3.05) is 13.2 Å². The van der Waals surface area contributed by atoms with Crippen molar-refractivity contribution in [3.8, 4) is 0 Å². The molecule has 3 aromatic heterocycles. The fraction of sp³-hybridized carbons (Fsp3) is 0.455. The number of halogens is 3. The number of hydrogen-bond donors (Lipinski definition) is 10. The number of nitrogens with zero attached hydrogens (tertiary/aromatic N) is 2. The average Bonchev–Trinajstić information content (AvgIpc) is 3.44. The normalized spacial score (nSPS) is 27.3. The molecule has 0 bridgehead atoms. The molecule has 0 aliphatic carbocycles. The second kappa shape index (κ2) is 14.9. The molecular weight excluding hydrogens is 690 g/mol. The van der Waals surface area contributed by atoms with Gasteiger partial charge in [-0.15, -0.1) is 0 Å². The predicted molar refractivity (Wildman–Crippen MR) is 144 cm³/mol. The zero-order valence-corrected chi connectivity index (χ0v) is 23.8. The Morgan fingerprint density at radius 3 is 1.56 bits per heavy atom. The van der Waals surface area contributed by atoms with Crippen molar-refractivity contribution in [2.45, 2.75) is 49.1 Å². The lowest BCUT2D eigenvalue weighted by Gasteiger charge is -2.17. The molecule has 0 radical (unpaired) electrons. The summed E-state index contributed by atoms with van der Waals surface area (Å²) in [5, 5.41) is 56.2. The van der Waals surface area contributed by atoms with Crippen LogP contribution in [-0.2, 0) is 9.47 Å². The third kappa shape index (κ3) is 8.02. The van der Waals surface area contributed by atoms with Gasteiger partial charge in [0.05, 0.1) is 23.9 Å². The lowest BCUT2D eigenvalue weighted by Crippen LogP contribution is -2.38. The Balaban J connectivity index is 0.000000195. The van der Waals surface area contributed by atoms with Crippen molar-refractivity contribution >= 4 is 15.9 Å². The van der Waals surface area contributed by atoms with E-state index >= 15 is 0 Å². The summed E-state index contributed by atoms with van der Waals surface area (Å²) in [6, 6.07) is 0. The summed E-state index contributed by atoms with van der Waals surface area (Å²) in [7, 11) is 0. The van der Waals surface area contributed by atoms with Gasteiger partial charge in [-0.3, -0.25) is 38.5 Å². The fourth-order valence-electron chi connectivity index (χ4n) is 3.91. The van der Waals surface area contributed by atoms with Gasteiger partial charge in [-0.2, -0.15) is 8.78 Å². The van der Waals surface area contributed by atoms with Gasteiger partial charge in [0, 0.05) is 12.4 Å². The van der Waals surface area contributed by atoms with E-state index in [0.29, 0.717) is 17.0 Å². The maximum absolute atomic E-state index is 13.1. The van der Waals surface area contributed by atoms with E-state index in [1.54, 1.807) is 9.97 Å². The predicted octanol–water partition coefficient (Wildman–Crippen LogP) is -5.60. The Kier molecular flexibility index (Phi) is 11.8. The molecule has 0 unspecified atom stereocenters. The number of nitrogens with one attached hydrogen (secondary N) is 4. The van der Waals surface area contributed by atoms with Crippen LogP contribution < -0.4 is 33.7 Å². The van der Waals surface area contributed by atoms with Crippen LogP contribution in [0.2, 0.25) is 0 Å². The van der Waals surface area contributed by atoms with Crippen LogP contribution in [0.5, 0.6) is 0 Å². The van der Waals surface area contributed by atoms with Crippen molar-refractivity contribution in [1.82, 2.24) is 29.1 Å². The van der Waals surface area contributed by atoms with Crippen LogP contribution in [0.3, 0.4) is 0 Å². The topological polar surface area (TPSA) is 315 Å². The largest absolute Gasteiger partial charge is 0.394 e. The van der Waals surface area contributed by atoms with Crippen molar-refractivity contribution < 1.29 is 48.9 Å². The van der Waals surface area contributed by atoms with Crippen LogP contribution in [0.4, 0.5) is 8.78 Å². The molecule has 20 nitrogen and oxygen atoms in total. The van der Waals surface area contributed by atoms with E-state index < -0.39 is 108 Å². The van der Waals surface area contributed by atoms with Crippen molar-refractivity contribution in [3.63, 3.8) is 0 Å². The molecule has 3 aromatic rings. The summed E-state index contributed by atoms with van der Waals surface area (Å²) in [5.74, 6) is -2.22. The summed E-state index contributed by atoms with van der Waals surface area (Å²) in [5.41, 5.74) is -5.28. The molecule has 2 aliphatic rings. The van der Waals surface area contributed by atoms with Gasteiger partial charge in [0.2, 0.25) is 11.6 Å². The number of rotatable bonds is 4. The molecule has 5 rings (SSSR count). The molecule has 5 heterocycles. The molecule has 248 valence electrons. The van der Waals surface area contributed by atoms with Crippen molar-refractivity contribution in [3.05, 3.63) is 97.2 Å². The van der Waals surface area contributed by atoms with Crippen LogP contribution in [-0.4, -0.2) is 110 Å². The molecule has 10 N–H and O–H groups in total. The summed E-state index contributed by atoms with van der Waals surface area (Å²) < 4.78 is 36.9. The van der Waals surface area contributed by atoms with Crippen molar-refractivity contribution in [1.29, 1.82) is 0 Å². The van der Waals surface area contributed by atoms with Crippen LogP contribution in [0.15, 0.2) is 51.8 Å². The fourth-order valence-corrected chi connectivity index (χ4v) is 4.23. The molecule has 45 heavy (non-hydrogen) atoms. The van der Waals surface area contributed by atoms with Gasteiger partial charge in [-0.05, 0) is 15.9 Å². The van der Waals surface area contributed by atoms with Gasteiger partial charge < -0.3 is 45.1 Å². The number of ether oxygens (including phenoxy) is 2. The molecule has 0 amide bonds. The van der Waals surface area contributed by atoms with Gasteiger partial charge >= 0.3 is 17.1 Å². The average molecular weight is 715 g/mol. The number of H-pyrrole nitrogens is 4. The number of hydrogen-bond acceptors (Lipinski definition) is 14. The highest BCUT2D eigenvalue weighted by Crippen LogP contribution is 2.29. The highest BCUT2D eigenvalue weighted by atomic mass is 79.9. The Hall–Kier alpha value is -3.94. The monoisotopic (exact) mass is 714 g/mol. The third-order valence-corrected chi connectivity index (χ3v) is 6.77. The molecule has 2 fully saturated rings. The molecule has 0 aromatic carbocycles. The van der Waals surface area contributed by atoms with E-state index in [2.05, 4.69) is 15.9 Å². The summed E-state index contributed by atoms with van der Waals surface area (Å²) in [6.07, 6.45) is -7.81. The van der Waals surface area contributed by atoms with Gasteiger partial charge in [0.15, 0.2) is 12.5 Å². The highest BCUT2D eigenvalue weighted by Gasteiger charge is 2.44. The molecule has 2 aliphatic heterocycles. The lowest BCUT2D eigenvalue weighted by atomic mass is 10.1. The second-order valence-corrected chi connectivity index (χ2v) is 10.0. The second-order valence-electron chi connectivity index (χ2n) is 9.16. The molecule has 23 heteroatoms. The standard InChI is InChI=1S/C9H11BrN2O6.C9H11FN2O6.C4H3FN2O2/c2*10-3-1-12(9(17)11-7(3)16)8-6(15)5(14)4(2-13)18-8;5-2-1-6-4(9)7-3(2)8/h2*1,4-6,8,13-15H,2H2,(H,11,16,17);1H,(H2,6,7,8,9)/t2*4-,5-,6-,8-;/m11./s1. The van der Waals surface area contributed by atoms with E-state index in [1.807, 2.05) is 9.97 Å². The van der Waals surface area contributed by atoms with Crippen LogP contribution in [0.1, 0.15) is 12.5 Å². The van der Waals surface area contributed by atoms with E-state index in [-0.39, 0.29) is 4.47 Å². The van der Waals surface area contributed by atoms with Crippen LogP contribution >= 0.6 is 15.9 Å². The smallest absolute Gasteiger partial charge is 0.330 e. The summed E-state index contributed by atoms with van der Waals surface area (Å²) in [4.78, 5) is 72.7. The summed E-state index contributed by atoms with van der Waals surface area (Å²) in [6.45, 7) is -1.07. The quantitative estimate of drug-likeness (QED) is 0.121. The first kappa shape index (κ1) is 35.5. The number of aliphatic hydroxyl groups excluding tert-OH is 6. The molecule has 0 spiro atoms. The van der Waals surface area contributed by atoms with Crippen molar-refractivity contribution in [2.24, 2.45) is 0 Å². The third-order valence-electron chi connectivity index (χ3n) is 6.21. The lowest BCUT2D eigenvalue weighted by molar-refractivity contribution is -0.0554. The van der Waals surface area contributed by atoms with Crippen LogP contribution in [0.25, 0.3) is 0 Å². The molecule has 2 saturated heterocycles. The van der Waals surface area contributed by atoms with E-state index in [0.717, 1.165) is 10.8 Å². The van der Waals surface area contributed by atoms with Gasteiger partial charge in [0.25, 0.3) is 16.7 Å². The number of aromatic nitrogens is 6. The van der Waals surface area contributed by atoms with E-state index in [1.165, 1.54) is 0 Å². The molecule has 8 atom stereocenters. The minimum absolute atomic E-state index is 0.0832. The zero-order valence-electron chi connectivity index (χ0n) is 22.2. The zero-order chi connectivity index (χ0) is 33.7. The Morgan fingerprint density at radius 1 is 0.689 bits per heavy atom. The molecular formula is C22H25BrF2N6O14.